The molecule has 2 amide bonds. The van der Waals surface area contributed by atoms with Gasteiger partial charge in [0, 0.05) is 42.4 Å². The number of piperidine rings is 1. The summed E-state index contributed by atoms with van der Waals surface area (Å²) in [6.07, 6.45) is 8.34. The maximum atomic E-state index is 14.0. The second-order valence-electron chi connectivity index (χ2n) is 9.55. The van der Waals surface area contributed by atoms with Gasteiger partial charge in [-0.25, -0.2) is 0 Å². The van der Waals surface area contributed by atoms with Crippen molar-refractivity contribution >= 4 is 23.2 Å². The Morgan fingerprint density at radius 1 is 0.895 bits per heavy atom. The fourth-order valence-corrected chi connectivity index (χ4v) is 4.95. The zero-order chi connectivity index (χ0) is 26.3. The van der Waals surface area contributed by atoms with E-state index in [2.05, 4.69) is 15.2 Å². The van der Waals surface area contributed by atoms with Gasteiger partial charge in [-0.15, -0.1) is 0 Å². The molecule has 0 spiro atoms. The third-order valence-electron chi connectivity index (χ3n) is 6.96. The molecule has 0 radical (unpaired) electrons. The van der Waals surface area contributed by atoms with Crippen LogP contribution >= 0.6 is 0 Å². The molecule has 7 heteroatoms. The maximum absolute atomic E-state index is 14.0. The number of pyridine rings is 1. The molecule has 0 bridgehead atoms. The van der Waals surface area contributed by atoms with E-state index in [1.54, 1.807) is 30.6 Å². The first-order valence-corrected chi connectivity index (χ1v) is 13.1. The van der Waals surface area contributed by atoms with E-state index in [-0.39, 0.29) is 17.7 Å². The van der Waals surface area contributed by atoms with Gasteiger partial charge in [0.2, 0.25) is 5.91 Å². The first-order valence-electron chi connectivity index (χ1n) is 13.1. The molecule has 194 valence electrons. The molecule has 1 aliphatic heterocycles. The number of hydrogen-bond donors (Lipinski definition) is 1. The van der Waals surface area contributed by atoms with Gasteiger partial charge in [-0.3, -0.25) is 19.5 Å². The van der Waals surface area contributed by atoms with Crippen LogP contribution in [0.15, 0.2) is 102 Å². The number of carbonyl (C=O) groups is 2. The number of amides is 2. The lowest BCUT2D eigenvalue weighted by molar-refractivity contribution is -0.123. The summed E-state index contributed by atoms with van der Waals surface area (Å²) in [6, 6.07) is 23.2. The van der Waals surface area contributed by atoms with Crippen LogP contribution in [0.25, 0.3) is 0 Å². The highest BCUT2D eigenvalue weighted by Crippen LogP contribution is 2.32. The minimum absolute atomic E-state index is 0.155. The summed E-state index contributed by atoms with van der Waals surface area (Å²) in [5.41, 5.74) is 3.29. The summed E-state index contributed by atoms with van der Waals surface area (Å²) in [5, 5.41) is 3.11. The van der Waals surface area contributed by atoms with Crippen LogP contribution in [0, 0.1) is 0 Å². The molecule has 38 heavy (non-hydrogen) atoms. The summed E-state index contributed by atoms with van der Waals surface area (Å²) >= 11 is 0. The fourth-order valence-electron chi connectivity index (χ4n) is 4.95. The summed E-state index contributed by atoms with van der Waals surface area (Å²) in [6.45, 7) is 3.97. The highest BCUT2D eigenvalue weighted by Gasteiger charge is 2.35. The summed E-state index contributed by atoms with van der Waals surface area (Å²) in [7, 11) is 0. The quantitative estimate of drug-likeness (QED) is 0.319. The third kappa shape index (κ3) is 5.62. The molecule has 0 saturated carbocycles. The fraction of sp³-hybridized carbons (Fsp3) is 0.258. The van der Waals surface area contributed by atoms with Crippen LogP contribution in [0.2, 0.25) is 0 Å². The molecule has 1 aliphatic rings. The number of aromatic nitrogens is 1. The van der Waals surface area contributed by atoms with E-state index in [4.69, 9.17) is 4.42 Å². The maximum Gasteiger partial charge on any atom is 0.294 e. The summed E-state index contributed by atoms with van der Waals surface area (Å²) in [4.78, 5) is 36.0. The van der Waals surface area contributed by atoms with E-state index in [1.165, 1.54) is 30.4 Å². The van der Waals surface area contributed by atoms with Crippen LogP contribution in [0.5, 0.6) is 0 Å². The van der Waals surface area contributed by atoms with E-state index in [0.717, 1.165) is 24.3 Å². The number of carbonyl (C=O) groups excluding carboxylic acids is 2. The zero-order valence-electron chi connectivity index (χ0n) is 21.5. The topological polar surface area (TPSA) is 78.7 Å². The number of furan rings is 1. The molecule has 0 aliphatic carbocycles. The van der Waals surface area contributed by atoms with Gasteiger partial charge in [0.05, 0.1) is 12.3 Å². The van der Waals surface area contributed by atoms with Crippen LogP contribution < -0.4 is 15.1 Å². The molecule has 5 rings (SSSR count). The smallest absolute Gasteiger partial charge is 0.294 e. The number of rotatable bonds is 8. The predicted molar refractivity (Wildman–Crippen MR) is 148 cm³/mol. The van der Waals surface area contributed by atoms with Crippen molar-refractivity contribution in [1.29, 1.82) is 0 Å². The van der Waals surface area contributed by atoms with Crippen molar-refractivity contribution in [1.82, 2.24) is 10.3 Å². The van der Waals surface area contributed by atoms with Crippen molar-refractivity contribution in [2.75, 3.05) is 22.9 Å². The number of nitrogens with one attached hydrogen (secondary N) is 1. The van der Waals surface area contributed by atoms with E-state index in [1.807, 2.05) is 67.6 Å². The van der Waals surface area contributed by atoms with Crippen LogP contribution in [0.4, 0.5) is 11.4 Å². The van der Waals surface area contributed by atoms with Crippen molar-refractivity contribution in [3.8, 4) is 0 Å². The Morgan fingerprint density at radius 2 is 1.63 bits per heavy atom. The Bertz CT molecular complexity index is 1320. The number of nitrogens with zero attached hydrogens (tertiary/aromatic N) is 3. The average molecular weight is 509 g/mol. The first-order chi connectivity index (χ1) is 18.6. The van der Waals surface area contributed by atoms with Gasteiger partial charge < -0.3 is 14.6 Å². The van der Waals surface area contributed by atoms with E-state index >= 15 is 0 Å². The number of benzene rings is 2. The van der Waals surface area contributed by atoms with E-state index < -0.39 is 11.9 Å². The van der Waals surface area contributed by atoms with Crippen LogP contribution in [-0.4, -0.2) is 29.9 Å². The van der Waals surface area contributed by atoms with Crippen molar-refractivity contribution < 1.29 is 14.0 Å². The van der Waals surface area contributed by atoms with Crippen molar-refractivity contribution in [2.45, 2.75) is 38.3 Å². The van der Waals surface area contributed by atoms with Gasteiger partial charge in [0.15, 0.2) is 5.76 Å². The van der Waals surface area contributed by atoms with E-state index in [0.29, 0.717) is 11.3 Å². The molecular formula is C31H32N4O3. The van der Waals surface area contributed by atoms with Crippen molar-refractivity contribution in [2.24, 2.45) is 0 Å². The van der Waals surface area contributed by atoms with Gasteiger partial charge in [0.25, 0.3) is 5.91 Å². The third-order valence-corrected chi connectivity index (χ3v) is 6.96. The molecule has 7 nitrogen and oxygen atoms in total. The minimum Gasteiger partial charge on any atom is -0.459 e. The molecule has 3 heterocycles. The Kier molecular flexibility index (Phi) is 7.83. The lowest BCUT2D eigenvalue weighted by Gasteiger charge is -2.33. The minimum atomic E-state index is -0.965. The highest BCUT2D eigenvalue weighted by molar-refractivity contribution is 6.08. The van der Waals surface area contributed by atoms with Crippen LogP contribution in [0.3, 0.4) is 0 Å². The monoisotopic (exact) mass is 508 g/mol. The summed E-state index contributed by atoms with van der Waals surface area (Å²) in [5.74, 6) is -0.561. The van der Waals surface area contributed by atoms with Crippen LogP contribution in [-0.2, 0) is 4.79 Å². The van der Waals surface area contributed by atoms with Gasteiger partial charge in [-0.2, -0.15) is 0 Å². The molecule has 2 aromatic carbocycles. The molecule has 1 unspecified atom stereocenters. The highest BCUT2D eigenvalue weighted by atomic mass is 16.3. The predicted octanol–water partition coefficient (Wildman–Crippen LogP) is 5.93. The second-order valence-corrected chi connectivity index (χ2v) is 9.55. The Labute approximate surface area is 223 Å². The lowest BCUT2D eigenvalue weighted by atomic mass is 10.0. The molecule has 1 fully saturated rings. The Morgan fingerprint density at radius 3 is 2.29 bits per heavy atom. The molecule has 2 aromatic heterocycles. The average Bonchev–Trinajstić information content (AvgIpc) is 3.52. The Balaban J connectivity index is 1.53. The van der Waals surface area contributed by atoms with Gasteiger partial charge in [-0.1, -0.05) is 36.4 Å². The standard InChI is InChI=1S/C31H32N4O3/c1-23(24-10-4-2-5-11-24)33-30(36)29(25-12-8-18-32-22-25)35(31(37)28-13-9-21-38-28)27-16-14-26(15-17-27)34-19-6-3-7-20-34/h2,4-5,8-18,21-23,29H,3,6-7,19-20H2,1H3,(H,33,36)/t23-,29?/m0/s1. The normalized spacial score (nSPS) is 14.9. The second kappa shape index (κ2) is 11.8. The van der Waals surface area contributed by atoms with E-state index in [9.17, 15) is 9.59 Å². The van der Waals surface area contributed by atoms with Crippen LogP contribution in [0.1, 0.15) is 60.0 Å². The Hall–Kier alpha value is -4.39. The first kappa shape index (κ1) is 25.3. The van der Waals surface area contributed by atoms with Crippen molar-refractivity contribution in [3.05, 3.63) is 114 Å². The molecule has 2 atom stereocenters. The lowest BCUT2D eigenvalue weighted by Crippen LogP contribution is -2.44. The molecule has 1 N–H and O–H groups in total. The van der Waals surface area contributed by atoms with Gasteiger partial charge in [0.1, 0.15) is 6.04 Å². The van der Waals surface area contributed by atoms with Crippen molar-refractivity contribution in [3.63, 3.8) is 0 Å². The molecule has 4 aromatic rings. The number of anilines is 2. The largest absolute Gasteiger partial charge is 0.459 e. The van der Waals surface area contributed by atoms with Gasteiger partial charge >= 0.3 is 0 Å². The SMILES string of the molecule is C[C@H](NC(=O)C(c1cccnc1)N(C(=O)c1ccco1)c1ccc(N2CCCCC2)cc1)c1ccccc1. The number of hydrogen-bond acceptors (Lipinski definition) is 5. The molecular weight excluding hydrogens is 476 g/mol. The van der Waals surface area contributed by atoms with Gasteiger partial charge in [-0.05, 0) is 74.2 Å². The zero-order valence-corrected chi connectivity index (χ0v) is 21.5. The molecule has 1 saturated heterocycles. The summed E-state index contributed by atoms with van der Waals surface area (Å²) < 4.78 is 5.49.